The number of aromatic nitrogens is 2. The van der Waals surface area contributed by atoms with Crippen LogP contribution in [0.2, 0.25) is 0 Å². The molecule has 100 valence electrons. The van der Waals surface area contributed by atoms with Crippen LogP contribution in [0, 0.1) is 0 Å². The zero-order chi connectivity index (χ0) is 14.0. The van der Waals surface area contributed by atoms with Gasteiger partial charge in [-0.15, -0.1) is 0 Å². The Morgan fingerprint density at radius 2 is 2.05 bits per heavy atom. The maximum atomic E-state index is 11.1. The molecule has 0 amide bonds. The predicted molar refractivity (Wildman–Crippen MR) is 66.7 cm³/mol. The van der Waals surface area contributed by atoms with Crippen LogP contribution >= 0.6 is 0 Å². The number of nitrogens with zero attached hydrogens (tertiary/aromatic N) is 1. The van der Waals surface area contributed by atoms with E-state index in [0.717, 1.165) is 0 Å². The zero-order valence-electron chi connectivity index (χ0n) is 9.82. The average molecular weight is 282 g/mol. The summed E-state index contributed by atoms with van der Waals surface area (Å²) >= 11 is 0. The predicted octanol–water partition coefficient (Wildman–Crippen LogP) is 0.692. The third kappa shape index (κ3) is 2.80. The van der Waals surface area contributed by atoms with E-state index in [1.54, 1.807) is 6.07 Å². The zero-order valence-corrected chi connectivity index (χ0v) is 10.6. The van der Waals surface area contributed by atoms with Gasteiger partial charge in [-0.05, 0) is 12.1 Å². The molecule has 0 aliphatic carbocycles. The standard InChI is InChI=1S/C11H10N2O5S/c1-18-9-6-10(14)12-13-11(9)7-3-2-4-8(5-7)19(15,16)17/h2-6H,1H3,(H,12,14)(H,15,16,17). The van der Waals surface area contributed by atoms with E-state index in [4.69, 9.17) is 9.29 Å². The van der Waals surface area contributed by atoms with Crippen LogP contribution in [0.5, 0.6) is 5.75 Å². The molecule has 0 saturated carbocycles. The first-order valence-corrected chi connectivity index (χ1v) is 6.57. The maximum absolute atomic E-state index is 11.1. The van der Waals surface area contributed by atoms with Crippen molar-refractivity contribution in [3.63, 3.8) is 0 Å². The van der Waals surface area contributed by atoms with Gasteiger partial charge in [0.1, 0.15) is 5.69 Å². The summed E-state index contributed by atoms with van der Waals surface area (Å²) in [4.78, 5) is 10.9. The highest BCUT2D eigenvalue weighted by atomic mass is 32.2. The van der Waals surface area contributed by atoms with Crippen LogP contribution < -0.4 is 10.3 Å². The quantitative estimate of drug-likeness (QED) is 0.802. The second kappa shape index (κ2) is 4.82. The van der Waals surface area contributed by atoms with Gasteiger partial charge in [0.25, 0.3) is 15.7 Å². The third-order valence-electron chi connectivity index (χ3n) is 2.40. The van der Waals surface area contributed by atoms with Gasteiger partial charge in [0.2, 0.25) is 0 Å². The summed E-state index contributed by atoms with van der Waals surface area (Å²) in [5.41, 5.74) is 0.224. The fourth-order valence-electron chi connectivity index (χ4n) is 1.55. The average Bonchev–Trinajstić information content (AvgIpc) is 2.37. The molecular weight excluding hydrogens is 272 g/mol. The van der Waals surface area contributed by atoms with Gasteiger partial charge >= 0.3 is 0 Å². The Hall–Kier alpha value is -2.19. The minimum atomic E-state index is -4.30. The van der Waals surface area contributed by atoms with Gasteiger partial charge < -0.3 is 4.74 Å². The summed E-state index contributed by atoms with van der Waals surface area (Å²) in [7, 11) is -2.93. The fraction of sp³-hybridized carbons (Fsp3) is 0.0909. The Labute approximate surface area is 108 Å². The minimum absolute atomic E-state index is 0.205. The number of hydrogen-bond acceptors (Lipinski definition) is 5. The van der Waals surface area contributed by atoms with Crippen LogP contribution in [0.15, 0.2) is 40.0 Å². The normalized spacial score (nSPS) is 11.3. The monoisotopic (exact) mass is 282 g/mol. The molecule has 0 bridgehead atoms. The fourth-order valence-corrected chi connectivity index (χ4v) is 2.08. The molecule has 0 radical (unpaired) electrons. The van der Waals surface area contributed by atoms with E-state index in [1.807, 2.05) is 0 Å². The molecule has 0 spiro atoms. The molecule has 8 heteroatoms. The van der Waals surface area contributed by atoms with E-state index in [0.29, 0.717) is 5.56 Å². The molecule has 0 aliphatic rings. The topological polar surface area (TPSA) is 109 Å². The van der Waals surface area contributed by atoms with Crippen molar-refractivity contribution in [3.8, 4) is 17.0 Å². The summed E-state index contributed by atoms with van der Waals surface area (Å²) in [5, 5.41) is 6.04. The molecule has 2 rings (SSSR count). The summed E-state index contributed by atoms with van der Waals surface area (Å²) < 4.78 is 36.1. The molecule has 0 unspecified atom stereocenters. The Balaban J connectivity index is 2.63. The lowest BCUT2D eigenvalue weighted by molar-refractivity contribution is 0.413. The largest absolute Gasteiger partial charge is 0.494 e. The molecule has 0 aliphatic heterocycles. The molecule has 2 aromatic rings. The third-order valence-corrected chi connectivity index (χ3v) is 3.25. The van der Waals surface area contributed by atoms with Gasteiger partial charge in [0.05, 0.1) is 12.0 Å². The van der Waals surface area contributed by atoms with E-state index < -0.39 is 15.7 Å². The molecule has 0 atom stereocenters. The summed E-state index contributed by atoms with van der Waals surface area (Å²) in [5.74, 6) is 0.205. The lowest BCUT2D eigenvalue weighted by Gasteiger charge is -2.07. The highest BCUT2D eigenvalue weighted by Gasteiger charge is 2.13. The molecule has 0 saturated heterocycles. The van der Waals surface area contributed by atoms with Gasteiger partial charge in [0, 0.05) is 11.6 Å². The van der Waals surface area contributed by atoms with Crippen LogP contribution in [-0.2, 0) is 10.1 Å². The van der Waals surface area contributed by atoms with E-state index >= 15 is 0 Å². The molecule has 1 heterocycles. The van der Waals surface area contributed by atoms with Crippen molar-refractivity contribution in [1.29, 1.82) is 0 Å². The number of nitrogens with one attached hydrogen (secondary N) is 1. The number of H-pyrrole nitrogens is 1. The Kier molecular flexibility index (Phi) is 3.36. The number of benzene rings is 1. The number of aromatic amines is 1. The summed E-state index contributed by atoms with van der Waals surface area (Å²) in [6.07, 6.45) is 0. The van der Waals surface area contributed by atoms with Crippen molar-refractivity contribution in [1.82, 2.24) is 10.2 Å². The molecule has 0 fully saturated rings. The van der Waals surface area contributed by atoms with Crippen LogP contribution in [0.3, 0.4) is 0 Å². The van der Waals surface area contributed by atoms with Crippen molar-refractivity contribution in [3.05, 3.63) is 40.7 Å². The van der Waals surface area contributed by atoms with E-state index in [2.05, 4.69) is 10.2 Å². The molecule has 1 aromatic heterocycles. The first-order valence-electron chi connectivity index (χ1n) is 5.13. The SMILES string of the molecule is COc1cc(=O)[nH]nc1-c1cccc(S(=O)(=O)O)c1. The van der Waals surface area contributed by atoms with Crippen LogP contribution in [0.25, 0.3) is 11.3 Å². The second-order valence-electron chi connectivity index (χ2n) is 3.65. The van der Waals surface area contributed by atoms with Crippen LogP contribution in [0.1, 0.15) is 0 Å². The van der Waals surface area contributed by atoms with Gasteiger partial charge in [-0.25, -0.2) is 5.10 Å². The smallest absolute Gasteiger partial charge is 0.294 e. The highest BCUT2D eigenvalue weighted by Crippen LogP contribution is 2.27. The van der Waals surface area contributed by atoms with Crippen LogP contribution in [0.4, 0.5) is 0 Å². The lowest BCUT2D eigenvalue weighted by atomic mass is 10.1. The minimum Gasteiger partial charge on any atom is -0.494 e. The van der Waals surface area contributed by atoms with Gasteiger partial charge in [-0.1, -0.05) is 12.1 Å². The van der Waals surface area contributed by atoms with E-state index in [1.165, 1.54) is 31.4 Å². The number of hydrogen-bond donors (Lipinski definition) is 2. The Morgan fingerprint density at radius 3 is 2.68 bits per heavy atom. The highest BCUT2D eigenvalue weighted by molar-refractivity contribution is 7.85. The molecule has 2 N–H and O–H groups in total. The number of ether oxygens (including phenoxy) is 1. The van der Waals surface area contributed by atoms with E-state index in [9.17, 15) is 13.2 Å². The number of methoxy groups -OCH3 is 1. The Bertz CT molecular complexity index is 767. The summed E-state index contributed by atoms with van der Waals surface area (Å²) in [6, 6.07) is 6.71. The van der Waals surface area contributed by atoms with E-state index in [-0.39, 0.29) is 16.3 Å². The molecule has 7 nitrogen and oxygen atoms in total. The lowest BCUT2D eigenvalue weighted by Crippen LogP contribution is -2.08. The number of rotatable bonds is 3. The maximum Gasteiger partial charge on any atom is 0.294 e. The van der Waals surface area contributed by atoms with Crippen molar-refractivity contribution in [2.24, 2.45) is 0 Å². The van der Waals surface area contributed by atoms with Crippen molar-refractivity contribution in [2.45, 2.75) is 4.90 Å². The molecule has 1 aromatic carbocycles. The van der Waals surface area contributed by atoms with Gasteiger partial charge in [0.15, 0.2) is 5.75 Å². The van der Waals surface area contributed by atoms with Crippen molar-refractivity contribution >= 4 is 10.1 Å². The first kappa shape index (κ1) is 13.2. The van der Waals surface area contributed by atoms with Crippen molar-refractivity contribution < 1.29 is 17.7 Å². The molecular formula is C11H10N2O5S. The summed E-state index contributed by atoms with van der Waals surface area (Å²) in [6.45, 7) is 0. The van der Waals surface area contributed by atoms with Gasteiger partial charge in [-0.2, -0.15) is 13.5 Å². The van der Waals surface area contributed by atoms with Crippen molar-refractivity contribution in [2.75, 3.05) is 7.11 Å². The first-order chi connectivity index (χ1) is 8.91. The Morgan fingerprint density at radius 1 is 1.32 bits per heavy atom. The van der Waals surface area contributed by atoms with Crippen LogP contribution in [-0.4, -0.2) is 30.3 Å². The van der Waals surface area contributed by atoms with Gasteiger partial charge in [-0.3, -0.25) is 9.35 Å². The second-order valence-corrected chi connectivity index (χ2v) is 5.07. The molecule has 19 heavy (non-hydrogen) atoms.